The Hall–Kier alpha value is -2.34. The number of carbonyl (C=O) groups is 1. The van der Waals surface area contributed by atoms with E-state index in [1.807, 2.05) is 12.1 Å². The van der Waals surface area contributed by atoms with Crippen LogP contribution < -0.4 is 10.6 Å². The van der Waals surface area contributed by atoms with Crippen LogP contribution in [0, 0.1) is 0 Å². The summed E-state index contributed by atoms with van der Waals surface area (Å²) in [5.74, 6) is 0.989. The Bertz CT molecular complexity index is 645. The number of benzene rings is 1. The minimum atomic E-state index is -0.215. The van der Waals surface area contributed by atoms with Crippen molar-refractivity contribution in [2.75, 3.05) is 19.6 Å². The minimum absolute atomic E-state index is 0.215. The molecule has 3 N–H and O–H groups in total. The molecule has 122 valence electrons. The summed E-state index contributed by atoms with van der Waals surface area (Å²) in [7, 11) is 0. The molecule has 2 heterocycles. The third-order valence-electron chi connectivity index (χ3n) is 4.08. The molecule has 0 atom stereocenters. The first-order valence-electron chi connectivity index (χ1n) is 7.94. The van der Waals surface area contributed by atoms with Crippen molar-refractivity contribution >= 4 is 5.91 Å². The van der Waals surface area contributed by atoms with Crippen LogP contribution in [0.3, 0.4) is 0 Å². The number of aromatic nitrogens is 1. The Morgan fingerprint density at radius 3 is 2.78 bits per heavy atom. The summed E-state index contributed by atoms with van der Waals surface area (Å²) >= 11 is 0. The summed E-state index contributed by atoms with van der Waals surface area (Å²) in [6, 6.07) is 6.96. The largest absolute Gasteiger partial charge is 0.508 e. The Labute approximate surface area is 134 Å². The van der Waals surface area contributed by atoms with Gasteiger partial charge in [0.25, 0.3) is 5.91 Å². The first-order valence-corrected chi connectivity index (χ1v) is 7.94. The molecule has 6 heteroatoms. The summed E-state index contributed by atoms with van der Waals surface area (Å²) < 4.78 is 5.48. The van der Waals surface area contributed by atoms with Gasteiger partial charge in [0, 0.05) is 12.5 Å². The highest BCUT2D eigenvalue weighted by molar-refractivity contribution is 5.91. The second-order valence-corrected chi connectivity index (χ2v) is 5.77. The van der Waals surface area contributed by atoms with Crippen LogP contribution in [0.25, 0.3) is 0 Å². The molecule has 1 aliphatic heterocycles. The smallest absolute Gasteiger partial charge is 0.273 e. The average molecular weight is 315 g/mol. The fraction of sp³-hybridized carbons (Fsp3) is 0.412. The summed E-state index contributed by atoms with van der Waals surface area (Å²) in [4.78, 5) is 16.4. The predicted molar refractivity (Wildman–Crippen MR) is 85.5 cm³/mol. The molecule has 1 aromatic carbocycles. The molecule has 1 aliphatic rings. The quantitative estimate of drug-likeness (QED) is 0.783. The average Bonchev–Trinajstić information content (AvgIpc) is 3.07. The van der Waals surface area contributed by atoms with Gasteiger partial charge in [0.15, 0.2) is 11.6 Å². The number of aromatic hydroxyl groups is 1. The van der Waals surface area contributed by atoms with Gasteiger partial charge < -0.3 is 20.2 Å². The summed E-state index contributed by atoms with van der Waals surface area (Å²) in [5.41, 5.74) is 1.39. The molecule has 1 amide bonds. The van der Waals surface area contributed by atoms with E-state index in [9.17, 15) is 9.90 Å². The van der Waals surface area contributed by atoms with E-state index in [2.05, 4.69) is 15.6 Å². The fourth-order valence-corrected chi connectivity index (χ4v) is 2.72. The molecule has 0 unspecified atom stereocenters. The number of amides is 1. The number of nitrogens with one attached hydrogen (secondary N) is 2. The number of hydrogen-bond donors (Lipinski definition) is 3. The Morgan fingerprint density at radius 1 is 1.30 bits per heavy atom. The normalized spacial score (nSPS) is 15.5. The lowest BCUT2D eigenvalue weighted by atomic mass is 9.98. The second kappa shape index (κ2) is 7.28. The predicted octanol–water partition coefficient (Wildman–Crippen LogP) is 1.82. The third-order valence-corrected chi connectivity index (χ3v) is 4.08. The second-order valence-electron chi connectivity index (χ2n) is 5.77. The van der Waals surface area contributed by atoms with Crippen molar-refractivity contribution in [3.05, 3.63) is 47.7 Å². The van der Waals surface area contributed by atoms with Gasteiger partial charge in [-0.05, 0) is 50.0 Å². The number of oxazole rings is 1. The molecule has 1 aromatic heterocycles. The van der Waals surface area contributed by atoms with Gasteiger partial charge in [-0.25, -0.2) is 4.98 Å². The molecule has 0 aliphatic carbocycles. The molecule has 0 radical (unpaired) electrons. The van der Waals surface area contributed by atoms with Gasteiger partial charge >= 0.3 is 0 Å². The van der Waals surface area contributed by atoms with Gasteiger partial charge in [0.1, 0.15) is 12.0 Å². The van der Waals surface area contributed by atoms with E-state index in [1.165, 1.54) is 6.26 Å². The fourth-order valence-electron chi connectivity index (χ4n) is 2.72. The molecule has 6 nitrogen and oxygen atoms in total. The highest BCUT2D eigenvalue weighted by Gasteiger charge is 2.21. The lowest BCUT2D eigenvalue weighted by Gasteiger charge is -2.19. The van der Waals surface area contributed by atoms with Gasteiger partial charge in [-0.15, -0.1) is 0 Å². The van der Waals surface area contributed by atoms with E-state index in [-0.39, 0.29) is 11.7 Å². The number of piperidine rings is 1. The van der Waals surface area contributed by atoms with Crippen molar-refractivity contribution in [3.8, 4) is 5.75 Å². The van der Waals surface area contributed by atoms with E-state index in [0.29, 0.717) is 30.5 Å². The van der Waals surface area contributed by atoms with Crippen LogP contribution in [-0.4, -0.2) is 35.6 Å². The Balaban J connectivity index is 1.50. The maximum atomic E-state index is 12.1. The summed E-state index contributed by atoms with van der Waals surface area (Å²) in [5, 5.41) is 15.4. The SMILES string of the molecule is O=C(NCCc1ccc(O)cc1)c1coc(C2CCNCC2)n1. The van der Waals surface area contributed by atoms with Crippen molar-refractivity contribution in [1.82, 2.24) is 15.6 Å². The van der Waals surface area contributed by atoms with E-state index in [0.717, 1.165) is 31.5 Å². The molecule has 23 heavy (non-hydrogen) atoms. The number of phenols is 1. The Morgan fingerprint density at radius 2 is 2.04 bits per heavy atom. The van der Waals surface area contributed by atoms with Crippen LogP contribution in [0.5, 0.6) is 5.75 Å². The first-order chi connectivity index (χ1) is 11.2. The first kappa shape index (κ1) is 15.6. The molecule has 0 saturated carbocycles. The molecule has 1 saturated heterocycles. The van der Waals surface area contributed by atoms with Crippen LogP contribution in [-0.2, 0) is 6.42 Å². The summed E-state index contributed by atoms with van der Waals surface area (Å²) in [6.45, 7) is 2.43. The van der Waals surface area contributed by atoms with Gasteiger partial charge in [-0.2, -0.15) is 0 Å². The maximum absolute atomic E-state index is 12.1. The summed E-state index contributed by atoms with van der Waals surface area (Å²) in [6.07, 6.45) is 4.11. The molecular formula is C17H21N3O3. The molecule has 0 spiro atoms. The monoisotopic (exact) mass is 315 g/mol. The zero-order valence-corrected chi connectivity index (χ0v) is 12.9. The van der Waals surface area contributed by atoms with Crippen molar-refractivity contribution in [1.29, 1.82) is 0 Å². The zero-order chi connectivity index (χ0) is 16.1. The van der Waals surface area contributed by atoms with Crippen molar-refractivity contribution in [2.24, 2.45) is 0 Å². The van der Waals surface area contributed by atoms with Gasteiger partial charge in [-0.1, -0.05) is 12.1 Å². The topological polar surface area (TPSA) is 87.4 Å². The van der Waals surface area contributed by atoms with E-state index in [4.69, 9.17) is 4.42 Å². The van der Waals surface area contributed by atoms with Gasteiger partial charge in [0.2, 0.25) is 0 Å². The molecule has 3 rings (SSSR count). The highest BCUT2D eigenvalue weighted by Crippen LogP contribution is 2.24. The standard InChI is InChI=1S/C17H21N3O3/c21-14-3-1-12(2-4-14)5-10-19-16(22)15-11-23-17(20-15)13-6-8-18-9-7-13/h1-4,11,13,18,21H,5-10H2,(H,19,22). The van der Waals surface area contributed by atoms with Crippen LogP contribution in [0.1, 0.15) is 40.7 Å². The highest BCUT2D eigenvalue weighted by atomic mass is 16.3. The van der Waals surface area contributed by atoms with E-state index >= 15 is 0 Å². The third kappa shape index (κ3) is 4.10. The minimum Gasteiger partial charge on any atom is -0.508 e. The molecule has 0 bridgehead atoms. The van der Waals surface area contributed by atoms with Crippen LogP contribution >= 0.6 is 0 Å². The van der Waals surface area contributed by atoms with Crippen LogP contribution in [0.4, 0.5) is 0 Å². The van der Waals surface area contributed by atoms with Crippen molar-refractivity contribution in [3.63, 3.8) is 0 Å². The maximum Gasteiger partial charge on any atom is 0.273 e. The van der Waals surface area contributed by atoms with Gasteiger partial charge in [-0.3, -0.25) is 4.79 Å². The molecule has 1 fully saturated rings. The van der Waals surface area contributed by atoms with E-state index in [1.54, 1.807) is 12.1 Å². The lowest BCUT2D eigenvalue weighted by Crippen LogP contribution is -2.27. The molecular weight excluding hydrogens is 294 g/mol. The number of nitrogens with zero attached hydrogens (tertiary/aromatic N) is 1. The van der Waals surface area contributed by atoms with Gasteiger partial charge in [0.05, 0.1) is 0 Å². The lowest BCUT2D eigenvalue weighted by molar-refractivity contribution is 0.0949. The van der Waals surface area contributed by atoms with Crippen molar-refractivity contribution in [2.45, 2.75) is 25.2 Å². The van der Waals surface area contributed by atoms with Crippen molar-refractivity contribution < 1.29 is 14.3 Å². The Kier molecular flexibility index (Phi) is 4.92. The zero-order valence-electron chi connectivity index (χ0n) is 12.9. The number of hydrogen-bond acceptors (Lipinski definition) is 5. The number of carbonyl (C=O) groups excluding carboxylic acids is 1. The number of phenolic OH excluding ortho intramolecular Hbond substituents is 1. The molecule has 2 aromatic rings. The van der Waals surface area contributed by atoms with Crippen LogP contribution in [0.2, 0.25) is 0 Å². The van der Waals surface area contributed by atoms with E-state index < -0.39 is 0 Å². The number of rotatable bonds is 5. The van der Waals surface area contributed by atoms with Crippen LogP contribution in [0.15, 0.2) is 34.9 Å².